The zero-order valence-corrected chi connectivity index (χ0v) is 12.4. The lowest BCUT2D eigenvalue weighted by molar-refractivity contribution is -0.118. The van der Waals surface area contributed by atoms with Crippen molar-refractivity contribution in [3.8, 4) is 0 Å². The summed E-state index contributed by atoms with van der Waals surface area (Å²) in [5.74, 6) is 0.281. The lowest BCUT2D eigenvalue weighted by Crippen LogP contribution is -2.40. The Morgan fingerprint density at radius 2 is 2.00 bits per heavy atom. The SMILES string of the molecule is CC(=O)CC(c1ccc(C)cc1)N1CCCCC1C. The first kappa shape index (κ1) is 14.3. The summed E-state index contributed by atoms with van der Waals surface area (Å²) in [6.45, 7) is 7.22. The summed E-state index contributed by atoms with van der Waals surface area (Å²) >= 11 is 0. The zero-order valence-electron chi connectivity index (χ0n) is 12.4. The third-order valence-corrected chi connectivity index (χ3v) is 4.20. The normalized spacial score (nSPS) is 22.2. The van der Waals surface area contributed by atoms with Crippen LogP contribution in [0.1, 0.15) is 56.7 Å². The van der Waals surface area contributed by atoms with Gasteiger partial charge in [-0.2, -0.15) is 0 Å². The summed E-state index contributed by atoms with van der Waals surface area (Å²) in [7, 11) is 0. The molecule has 2 heteroatoms. The number of hydrogen-bond acceptors (Lipinski definition) is 2. The standard InChI is InChI=1S/C17H25NO/c1-13-7-9-16(10-8-13)17(12-15(3)19)18-11-5-4-6-14(18)2/h7-10,14,17H,4-6,11-12H2,1-3H3. The third kappa shape index (κ3) is 3.66. The lowest BCUT2D eigenvalue weighted by atomic mass is 9.94. The van der Waals surface area contributed by atoms with Gasteiger partial charge in [0.25, 0.3) is 0 Å². The molecule has 0 aromatic heterocycles. The smallest absolute Gasteiger partial charge is 0.131 e. The lowest BCUT2D eigenvalue weighted by Gasteiger charge is -2.39. The van der Waals surface area contributed by atoms with Crippen molar-refractivity contribution in [2.75, 3.05) is 6.54 Å². The molecule has 2 unspecified atom stereocenters. The molecule has 1 aliphatic heterocycles. The molecule has 2 atom stereocenters. The molecule has 2 rings (SSSR count). The molecule has 104 valence electrons. The van der Waals surface area contributed by atoms with E-state index in [2.05, 4.69) is 43.0 Å². The van der Waals surface area contributed by atoms with E-state index in [0.717, 1.165) is 6.54 Å². The number of Topliss-reactive ketones (excluding diaryl/α,β-unsaturated/α-hetero) is 1. The van der Waals surface area contributed by atoms with Crippen molar-refractivity contribution >= 4 is 5.78 Å². The van der Waals surface area contributed by atoms with Crippen LogP contribution >= 0.6 is 0 Å². The summed E-state index contributed by atoms with van der Waals surface area (Å²) in [6.07, 6.45) is 4.45. The first-order valence-electron chi connectivity index (χ1n) is 7.39. The second-order valence-corrected chi connectivity index (χ2v) is 5.92. The number of carbonyl (C=O) groups excluding carboxylic acids is 1. The summed E-state index contributed by atoms with van der Waals surface area (Å²) in [5.41, 5.74) is 2.56. The van der Waals surface area contributed by atoms with Crippen LogP contribution in [0.4, 0.5) is 0 Å². The molecule has 19 heavy (non-hydrogen) atoms. The van der Waals surface area contributed by atoms with Crippen LogP contribution in [0.5, 0.6) is 0 Å². The van der Waals surface area contributed by atoms with Crippen LogP contribution in [0.3, 0.4) is 0 Å². The van der Waals surface area contributed by atoms with Gasteiger partial charge >= 0.3 is 0 Å². The van der Waals surface area contributed by atoms with E-state index in [9.17, 15) is 4.79 Å². The van der Waals surface area contributed by atoms with Crippen LogP contribution in [0.15, 0.2) is 24.3 Å². The molecule has 1 saturated heterocycles. The van der Waals surface area contributed by atoms with Crippen molar-refractivity contribution in [3.05, 3.63) is 35.4 Å². The molecule has 1 heterocycles. The molecular formula is C17H25NO. The molecule has 0 bridgehead atoms. The second-order valence-electron chi connectivity index (χ2n) is 5.92. The highest BCUT2D eigenvalue weighted by atomic mass is 16.1. The average molecular weight is 259 g/mol. The minimum absolute atomic E-state index is 0.258. The van der Waals surface area contributed by atoms with E-state index in [0.29, 0.717) is 12.5 Å². The van der Waals surface area contributed by atoms with Crippen LogP contribution in [0.25, 0.3) is 0 Å². The third-order valence-electron chi connectivity index (χ3n) is 4.20. The number of aryl methyl sites for hydroxylation is 1. The van der Waals surface area contributed by atoms with Gasteiger partial charge in [-0.05, 0) is 45.7 Å². The molecule has 1 aromatic carbocycles. The number of benzene rings is 1. The Labute approximate surface area is 116 Å². The van der Waals surface area contributed by atoms with E-state index >= 15 is 0 Å². The number of hydrogen-bond donors (Lipinski definition) is 0. The minimum Gasteiger partial charge on any atom is -0.300 e. The Hall–Kier alpha value is -1.15. The molecule has 0 spiro atoms. The van der Waals surface area contributed by atoms with Crippen molar-refractivity contribution in [3.63, 3.8) is 0 Å². The van der Waals surface area contributed by atoms with Gasteiger partial charge in [0.15, 0.2) is 0 Å². The number of piperidine rings is 1. The maximum Gasteiger partial charge on any atom is 0.131 e. The zero-order chi connectivity index (χ0) is 13.8. The van der Waals surface area contributed by atoms with Crippen molar-refractivity contribution in [1.29, 1.82) is 0 Å². The van der Waals surface area contributed by atoms with Crippen LogP contribution in [0.2, 0.25) is 0 Å². The monoisotopic (exact) mass is 259 g/mol. The van der Waals surface area contributed by atoms with Gasteiger partial charge in [-0.15, -0.1) is 0 Å². The molecule has 1 fully saturated rings. The van der Waals surface area contributed by atoms with Crippen molar-refractivity contribution in [2.45, 2.75) is 58.5 Å². The number of carbonyl (C=O) groups is 1. The van der Waals surface area contributed by atoms with Crippen molar-refractivity contribution < 1.29 is 4.79 Å². The minimum atomic E-state index is 0.258. The summed E-state index contributed by atoms with van der Waals surface area (Å²) in [5, 5.41) is 0. The first-order valence-corrected chi connectivity index (χ1v) is 7.39. The molecule has 0 N–H and O–H groups in total. The Morgan fingerprint density at radius 3 is 2.58 bits per heavy atom. The summed E-state index contributed by atoms with van der Waals surface area (Å²) in [4.78, 5) is 14.1. The Morgan fingerprint density at radius 1 is 1.32 bits per heavy atom. The van der Waals surface area contributed by atoms with Crippen LogP contribution in [0, 0.1) is 6.92 Å². The maximum atomic E-state index is 11.6. The summed E-state index contributed by atoms with van der Waals surface area (Å²) < 4.78 is 0. The number of nitrogens with zero attached hydrogens (tertiary/aromatic N) is 1. The van der Waals surface area contributed by atoms with Gasteiger partial charge in [-0.1, -0.05) is 36.2 Å². The van der Waals surface area contributed by atoms with E-state index in [1.54, 1.807) is 6.92 Å². The molecule has 0 saturated carbocycles. The van der Waals surface area contributed by atoms with Crippen LogP contribution in [-0.4, -0.2) is 23.3 Å². The molecule has 0 aliphatic carbocycles. The topological polar surface area (TPSA) is 20.3 Å². The van der Waals surface area contributed by atoms with Gasteiger partial charge in [0.05, 0.1) is 0 Å². The van der Waals surface area contributed by atoms with Gasteiger partial charge in [0, 0.05) is 18.5 Å². The van der Waals surface area contributed by atoms with Crippen molar-refractivity contribution in [1.82, 2.24) is 4.90 Å². The number of likely N-dealkylation sites (tertiary alicyclic amines) is 1. The first-order chi connectivity index (χ1) is 9.08. The van der Waals surface area contributed by atoms with E-state index in [1.165, 1.54) is 30.4 Å². The highest BCUT2D eigenvalue weighted by Gasteiger charge is 2.27. The van der Waals surface area contributed by atoms with Gasteiger partial charge < -0.3 is 0 Å². The molecule has 0 radical (unpaired) electrons. The van der Waals surface area contributed by atoms with Crippen LogP contribution in [-0.2, 0) is 4.79 Å². The summed E-state index contributed by atoms with van der Waals surface area (Å²) in [6, 6.07) is 9.51. The largest absolute Gasteiger partial charge is 0.300 e. The molecule has 2 nitrogen and oxygen atoms in total. The molecule has 0 amide bonds. The highest BCUT2D eigenvalue weighted by molar-refractivity contribution is 5.76. The molecule has 1 aliphatic rings. The maximum absolute atomic E-state index is 11.6. The second kappa shape index (κ2) is 6.33. The molecule has 1 aromatic rings. The highest BCUT2D eigenvalue weighted by Crippen LogP contribution is 2.31. The van der Waals surface area contributed by atoms with Crippen LogP contribution < -0.4 is 0 Å². The fourth-order valence-electron chi connectivity index (χ4n) is 3.07. The predicted octanol–water partition coefficient (Wildman–Crippen LogP) is 3.89. The Balaban J connectivity index is 2.24. The van der Waals surface area contributed by atoms with Gasteiger partial charge in [0.2, 0.25) is 0 Å². The predicted molar refractivity (Wildman–Crippen MR) is 79.2 cm³/mol. The fourth-order valence-corrected chi connectivity index (χ4v) is 3.07. The van der Waals surface area contributed by atoms with Gasteiger partial charge in [0.1, 0.15) is 5.78 Å². The van der Waals surface area contributed by atoms with E-state index < -0.39 is 0 Å². The average Bonchev–Trinajstić information content (AvgIpc) is 2.38. The van der Waals surface area contributed by atoms with E-state index in [1.807, 2.05) is 0 Å². The Bertz CT molecular complexity index is 423. The van der Waals surface area contributed by atoms with Crippen molar-refractivity contribution in [2.24, 2.45) is 0 Å². The number of ketones is 1. The Kier molecular flexibility index (Phi) is 4.76. The van der Waals surface area contributed by atoms with Gasteiger partial charge in [-0.3, -0.25) is 9.69 Å². The van der Waals surface area contributed by atoms with Gasteiger partial charge in [-0.25, -0.2) is 0 Å². The van der Waals surface area contributed by atoms with E-state index in [-0.39, 0.29) is 11.8 Å². The number of rotatable bonds is 4. The quantitative estimate of drug-likeness (QED) is 0.817. The fraction of sp³-hybridized carbons (Fsp3) is 0.588. The molecular weight excluding hydrogens is 234 g/mol. The van der Waals surface area contributed by atoms with E-state index in [4.69, 9.17) is 0 Å².